The Balaban J connectivity index is 0.00000140. The Hall–Kier alpha value is -1.15. The van der Waals surface area contributed by atoms with Gasteiger partial charge in [-0.15, -0.1) is 24.8 Å². The van der Waals surface area contributed by atoms with Gasteiger partial charge in [-0.1, -0.05) is 18.2 Å². The number of nitrogens with one attached hydrogen (secondary N) is 1. The molecule has 0 bridgehead atoms. The van der Waals surface area contributed by atoms with E-state index in [0.717, 1.165) is 56.3 Å². The van der Waals surface area contributed by atoms with E-state index in [1.165, 1.54) is 5.56 Å². The summed E-state index contributed by atoms with van der Waals surface area (Å²) in [6, 6.07) is 8.19. The number of nitrogens with zero attached hydrogens (tertiary/aromatic N) is 2. The Bertz CT molecular complexity index is 761. The Labute approximate surface area is 178 Å². The predicted octanol–water partition coefficient (Wildman–Crippen LogP) is 2.99. The first-order chi connectivity index (χ1) is 12.7. The molecule has 1 unspecified atom stereocenters. The van der Waals surface area contributed by atoms with E-state index in [-0.39, 0.29) is 30.4 Å². The van der Waals surface area contributed by atoms with Crippen molar-refractivity contribution in [3.63, 3.8) is 0 Å². The van der Waals surface area contributed by atoms with Gasteiger partial charge >= 0.3 is 0 Å². The van der Waals surface area contributed by atoms with Crippen LogP contribution in [-0.2, 0) is 16.0 Å². The molecule has 0 radical (unpaired) electrons. The number of morpholine rings is 1. The number of hydrogen-bond acceptors (Lipinski definition) is 6. The van der Waals surface area contributed by atoms with Gasteiger partial charge in [0.25, 0.3) is 0 Å². The zero-order valence-electron chi connectivity index (χ0n) is 16.4. The lowest BCUT2D eigenvalue weighted by atomic mass is 10.0. The topological polar surface area (TPSA) is 59.8 Å². The number of benzene rings is 1. The third-order valence-electron chi connectivity index (χ3n) is 5.20. The molecule has 0 aliphatic carbocycles. The molecule has 28 heavy (non-hydrogen) atoms. The standard InChI is InChI=1S/C20H27N3O3.2ClH/c1-15-5-3-4-6-17(15)19-22-18(16(2)26-19)11-23-8-10-25-20(13-23)12-21-7-9-24-14-20;;/h3-6,21H,7-14H2,1-2H3;2*1H. The fourth-order valence-corrected chi connectivity index (χ4v) is 3.74. The van der Waals surface area contributed by atoms with Crippen LogP contribution in [0.2, 0.25) is 0 Å². The molecule has 1 atom stereocenters. The fourth-order valence-electron chi connectivity index (χ4n) is 3.74. The van der Waals surface area contributed by atoms with E-state index in [1.54, 1.807) is 0 Å². The summed E-state index contributed by atoms with van der Waals surface area (Å²) >= 11 is 0. The maximum absolute atomic E-state index is 6.10. The van der Waals surface area contributed by atoms with Crippen LogP contribution in [0.5, 0.6) is 0 Å². The van der Waals surface area contributed by atoms with Crippen molar-refractivity contribution in [1.29, 1.82) is 0 Å². The smallest absolute Gasteiger partial charge is 0.226 e. The highest BCUT2D eigenvalue weighted by molar-refractivity contribution is 5.85. The second kappa shape index (κ2) is 10.1. The summed E-state index contributed by atoms with van der Waals surface area (Å²) < 4.78 is 17.8. The predicted molar refractivity (Wildman–Crippen MR) is 114 cm³/mol. The number of aromatic nitrogens is 1. The van der Waals surface area contributed by atoms with E-state index in [2.05, 4.69) is 29.3 Å². The second-order valence-corrected chi connectivity index (χ2v) is 7.31. The van der Waals surface area contributed by atoms with Gasteiger partial charge in [0.05, 0.1) is 25.5 Å². The monoisotopic (exact) mass is 429 g/mol. The largest absolute Gasteiger partial charge is 0.441 e. The van der Waals surface area contributed by atoms with Gasteiger partial charge in [0.1, 0.15) is 11.4 Å². The minimum absolute atomic E-state index is 0. The van der Waals surface area contributed by atoms with Gasteiger partial charge in [0.15, 0.2) is 0 Å². The number of aryl methyl sites for hydroxylation is 2. The van der Waals surface area contributed by atoms with Gasteiger partial charge < -0.3 is 19.2 Å². The number of halogens is 2. The average molecular weight is 430 g/mol. The lowest BCUT2D eigenvalue weighted by Gasteiger charge is -2.41. The van der Waals surface area contributed by atoms with Crippen LogP contribution < -0.4 is 5.32 Å². The summed E-state index contributed by atoms with van der Waals surface area (Å²) in [6.45, 7) is 10.4. The zero-order valence-corrected chi connectivity index (χ0v) is 18.0. The summed E-state index contributed by atoms with van der Waals surface area (Å²) in [7, 11) is 0. The first-order valence-electron chi connectivity index (χ1n) is 9.32. The molecule has 1 aromatic heterocycles. The second-order valence-electron chi connectivity index (χ2n) is 7.31. The lowest BCUT2D eigenvalue weighted by Crippen LogP contribution is -2.57. The molecule has 2 fully saturated rings. The molecule has 8 heteroatoms. The highest BCUT2D eigenvalue weighted by Crippen LogP contribution is 2.27. The van der Waals surface area contributed by atoms with Gasteiger partial charge in [-0.25, -0.2) is 4.98 Å². The Morgan fingerprint density at radius 2 is 2.00 bits per heavy atom. The van der Waals surface area contributed by atoms with Crippen LogP contribution in [0.3, 0.4) is 0 Å². The number of oxazole rings is 1. The van der Waals surface area contributed by atoms with Crippen LogP contribution in [0, 0.1) is 13.8 Å². The first kappa shape index (κ1) is 23.1. The molecule has 2 aliphatic rings. The van der Waals surface area contributed by atoms with Gasteiger partial charge in [-0.3, -0.25) is 4.90 Å². The normalized spacial score (nSPS) is 22.9. The van der Waals surface area contributed by atoms with Crippen LogP contribution in [0.1, 0.15) is 17.0 Å². The van der Waals surface area contributed by atoms with E-state index in [1.807, 2.05) is 19.1 Å². The number of rotatable bonds is 3. The van der Waals surface area contributed by atoms with Crippen molar-refractivity contribution in [2.45, 2.75) is 26.0 Å². The van der Waals surface area contributed by atoms with E-state index in [9.17, 15) is 0 Å². The van der Waals surface area contributed by atoms with E-state index >= 15 is 0 Å². The van der Waals surface area contributed by atoms with Crippen molar-refractivity contribution in [3.8, 4) is 11.5 Å². The lowest BCUT2D eigenvalue weighted by molar-refractivity contribution is -0.135. The maximum Gasteiger partial charge on any atom is 0.226 e. The van der Waals surface area contributed by atoms with Crippen molar-refractivity contribution in [2.24, 2.45) is 0 Å². The van der Waals surface area contributed by atoms with Crippen molar-refractivity contribution < 1.29 is 13.9 Å². The van der Waals surface area contributed by atoms with Gasteiger partial charge in [0.2, 0.25) is 5.89 Å². The minimum atomic E-state index is -0.259. The first-order valence-corrected chi connectivity index (χ1v) is 9.32. The fraction of sp³-hybridized carbons (Fsp3) is 0.550. The van der Waals surface area contributed by atoms with E-state index in [4.69, 9.17) is 18.9 Å². The van der Waals surface area contributed by atoms with Crippen molar-refractivity contribution >= 4 is 24.8 Å². The molecule has 4 rings (SSSR count). The third kappa shape index (κ3) is 5.06. The maximum atomic E-state index is 6.10. The molecule has 1 aromatic carbocycles. The van der Waals surface area contributed by atoms with Crippen molar-refractivity contribution in [2.75, 3.05) is 46.0 Å². The number of hydrogen-bond donors (Lipinski definition) is 1. The molecule has 2 aliphatic heterocycles. The summed E-state index contributed by atoms with van der Waals surface area (Å²) in [5.41, 5.74) is 2.97. The van der Waals surface area contributed by atoms with Crippen LogP contribution in [0.25, 0.3) is 11.5 Å². The SMILES string of the molecule is Cc1ccccc1-c1nc(CN2CCOC3(CNCCOC3)C2)c(C)o1.Cl.Cl. The Kier molecular flexibility index (Phi) is 8.30. The van der Waals surface area contributed by atoms with Crippen LogP contribution >= 0.6 is 24.8 Å². The Morgan fingerprint density at radius 3 is 2.82 bits per heavy atom. The van der Waals surface area contributed by atoms with Crippen LogP contribution in [-0.4, -0.2) is 61.5 Å². The zero-order chi connectivity index (χ0) is 18.0. The molecular weight excluding hydrogens is 401 g/mol. The summed E-state index contributed by atoms with van der Waals surface area (Å²) in [6.07, 6.45) is 0. The van der Waals surface area contributed by atoms with Crippen molar-refractivity contribution in [3.05, 3.63) is 41.3 Å². The molecule has 2 aromatic rings. The van der Waals surface area contributed by atoms with Crippen molar-refractivity contribution in [1.82, 2.24) is 15.2 Å². The highest BCUT2D eigenvalue weighted by atomic mass is 35.5. The molecule has 3 heterocycles. The molecule has 0 amide bonds. The molecular formula is C20H29Cl2N3O3. The quantitative estimate of drug-likeness (QED) is 0.808. The summed E-state index contributed by atoms with van der Waals surface area (Å²) in [4.78, 5) is 7.19. The molecule has 1 N–H and O–H groups in total. The average Bonchev–Trinajstić information content (AvgIpc) is 2.85. The molecule has 2 saturated heterocycles. The van der Waals surface area contributed by atoms with E-state index < -0.39 is 0 Å². The molecule has 1 spiro atoms. The highest BCUT2D eigenvalue weighted by Gasteiger charge is 2.38. The third-order valence-corrected chi connectivity index (χ3v) is 5.20. The van der Waals surface area contributed by atoms with Crippen LogP contribution in [0.15, 0.2) is 28.7 Å². The van der Waals surface area contributed by atoms with Gasteiger partial charge in [0, 0.05) is 38.3 Å². The molecule has 0 saturated carbocycles. The van der Waals surface area contributed by atoms with Gasteiger partial charge in [-0.2, -0.15) is 0 Å². The summed E-state index contributed by atoms with van der Waals surface area (Å²) in [5.74, 6) is 1.59. The molecule has 156 valence electrons. The van der Waals surface area contributed by atoms with Gasteiger partial charge in [-0.05, 0) is 25.5 Å². The molecule has 6 nitrogen and oxygen atoms in total. The van der Waals surface area contributed by atoms with Crippen LogP contribution in [0.4, 0.5) is 0 Å². The van der Waals surface area contributed by atoms with E-state index in [0.29, 0.717) is 19.1 Å². The summed E-state index contributed by atoms with van der Waals surface area (Å²) in [5, 5.41) is 3.42. The Morgan fingerprint density at radius 1 is 1.18 bits per heavy atom. The number of ether oxygens (including phenoxy) is 2. The minimum Gasteiger partial charge on any atom is -0.441 e.